The Labute approximate surface area is 92.6 Å². The third-order valence-corrected chi connectivity index (χ3v) is 4.04. The van der Waals surface area contributed by atoms with Crippen LogP contribution in [-0.2, 0) is 0 Å². The lowest BCUT2D eigenvalue weighted by Crippen LogP contribution is -2.47. The van der Waals surface area contributed by atoms with Gasteiger partial charge < -0.3 is 10.6 Å². The molecule has 1 rings (SSSR count). The summed E-state index contributed by atoms with van der Waals surface area (Å²) < 4.78 is 0. The molecule has 84 valence electrons. The van der Waals surface area contributed by atoms with E-state index in [1.807, 2.05) is 11.8 Å². The molecule has 1 aliphatic heterocycles. The summed E-state index contributed by atoms with van der Waals surface area (Å²) in [6.45, 7) is 8.17. The Morgan fingerprint density at radius 1 is 1.43 bits per heavy atom. The predicted octanol–water partition coefficient (Wildman–Crippen LogP) is 1.80. The molecule has 3 heteroatoms. The van der Waals surface area contributed by atoms with Crippen LogP contribution in [0.1, 0.15) is 26.7 Å². The molecule has 0 spiro atoms. The van der Waals surface area contributed by atoms with Crippen LogP contribution in [0, 0.1) is 5.92 Å². The van der Waals surface area contributed by atoms with Crippen molar-refractivity contribution in [1.29, 1.82) is 0 Å². The first-order chi connectivity index (χ1) is 6.77. The lowest BCUT2D eigenvalue weighted by Gasteiger charge is -2.36. The maximum atomic E-state index is 6.07. The first kappa shape index (κ1) is 12.3. The van der Waals surface area contributed by atoms with Crippen LogP contribution in [0.3, 0.4) is 0 Å². The van der Waals surface area contributed by atoms with Crippen molar-refractivity contribution in [3.63, 3.8) is 0 Å². The van der Waals surface area contributed by atoms with Crippen LogP contribution in [0.4, 0.5) is 0 Å². The highest BCUT2D eigenvalue weighted by molar-refractivity contribution is 7.99. The van der Waals surface area contributed by atoms with Crippen molar-refractivity contribution in [2.24, 2.45) is 11.7 Å². The van der Waals surface area contributed by atoms with Gasteiger partial charge in [0.15, 0.2) is 0 Å². The number of hydrogen-bond donors (Lipinski definition) is 1. The van der Waals surface area contributed by atoms with E-state index in [-0.39, 0.29) is 0 Å². The van der Waals surface area contributed by atoms with Gasteiger partial charge in [-0.15, -0.1) is 0 Å². The van der Waals surface area contributed by atoms with Gasteiger partial charge in [-0.1, -0.05) is 20.3 Å². The molecule has 0 bridgehead atoms. The second-order valence-corrected chi connectivity index (χ2v) is 5.51. The topological polar surface area (TPSA) is 29.3 Å². The zero-order chi connectivity index (χ0) is 10.4. The fourth-order valence-electron chi connectivity index (χ4n) is 2.10. The number of thioether (sulfide) groups is 1. The Balaban J connectivity index is 2.21. The van der Waals surface area contributed by atoms with E-state index in [9.17, 15) is 0 Å². The second-order valence-electron chi connectivity index (χ2n) is 4.12. The van der Waals surface area contributed by atoms with Gasteiger partial charge in [0.1, 0.15) is 0 Å². The van der Waals surface area contributed by atoms with E-state index >= 15 is 0 Å². The molecule has 2 N–H and O–H groups in total. The van der Waals surface area contributed by atoms with Crippen LogP contribution < -0.4 is 5.73 Å². The lowest BCUT2D eigenvalue weighted by atomic mass is 9.91. The molecule has 0 saturated carbocycles. The maximum Gasteiger partial charge on any atom is 0.00914 e. The molecule has 0 amide bonds. The molecule has 0 aromatic carbocycles. The Morgan fingerprint density at radius 2 is 2.21 bits per heavy atom. The van der Waals surface area contributed by atoms with E-state index in [0.717, 1.165) is 5.92 Å². The number of nitrogens with zero attached hydrogens (tertiary/aromatic N) is 1. The molecule has 0 aromatic rings. The molecule has 1 aliphatic rings. The summed E-state index contributed by atoms with van der Waals surface area (Å²) in [6.07, 6.45) is 2.42. The van der Waals surface area contributed by atoms with E-state index < -0.39 is 0 Å². The smallest absolute Gasteiger partial charge is 0.00914 e. The fourth-order valence-corrected chi connectivity index (χ4v) is 2.77. The average molecular weight is 216 g/mol. The van der Waals surface area contributed by atoms with Gasteiger partial charge >= 0.3 is 0 Å². The van der Waals surface area contributed by atoms with Gasteiger partial charge in [-0.2, -0.15) is 11.8 Å². The number of nitrogens with two attached hydrogens (primary N) is 1. The van der Waals surface area contributed by atoms with Crippen molar-refractivity contribution in [1.82, 2.24) is 4.90 Å². The largest absolute Gasteiger partial charge is 0.327 e. The molecule has 0 radical (unpaired) electrons. The normalized spacial score (nSPS) is 29.4. The highest BCUT2D eigenvalue weighted by Crippen LogP contribution is 2.18. The van der Waals surface area contributed by atoms with E-state index in [2.05, 4.69) is 18.7 Å². The SMILES string of the molecule is CCSCCN1CCC(N)C(CC)C1. The summed E-state index contributed by atoms with van der Waals surface area (Å²) in [4.78, 5) is 2.58. The molecule has 2 nitrogen and oxygen atoms in total. The van der Waals surface area contributed by atoms with Crippen LogP contribution in [-0.4, -0.2) is 42.1 Å². The van der Waals surface area contributed by atoms with Gasteiger partial charge in [-0.05, 0) is 24.6 Å². The second kappa shape index (κ2) is 6.70. The Morgan fingerprint density at radius 3 is 2.86 bits per heavy atom. The highest BCUT2D eigenvalue weighted by atomic mass is 32.2. The van der Waals surface area contributed by atoms with Crippen LogP contribution in [0.5, 0.6) is 0 Å². The standard InChI is InChI=1S/C11H24N2S/c1-3-10-9-13(6-5-11(10)12)7-8-14-4-2/h10-11H,3-9,12H2,1-2H3. The van der Waals surface area contributed by atoms with Gasteiger partial charge in [-0.25, -0.2) is 0 Å². The summed E-state index contributed by atoms with van der Waals surface area (Å²) >= 11 is 2.04. The zero-order valence-electron chi connectivity index (χ0n) is 9.54. The van der Waals surface area contributed by atoms with Crippen molar-refractivity contribution in [3.8, 4) is 0 Å². The minimum absolute atomic E-state index is 0.454. The van der Waals surface area contributed by atoms with Crippen LogP contribution >= 0.6 is 11.8 Å². The summed E-state index contributed by atoms with van der Waals surface area (Å²) in [7, 11) is 0. The van der Waals surface area contributed by atoms with E-state index in [1.54, 1.807) is 0 Å². The Hall–Kier alpha value is 0.270. The minimum Gasteiger partial charge on any atom is -0.327 e. The van der Waals surface area contributed by atoms with Crippen LogP contribution in [0.25, 0.3) is 0 Å². The minimum atomic E-state index is 0.454. The Bertz CT molecular complexity index is 152. The van der Waals surface area contributed by atoms with Crippen molar-refractivity contribution >= 4 is 11.8 Å². The lowest BCUT2D eigenvalue weighted by molar-refractivity contribution is 0.160. The van der Waals surface area contributed by atoms with Crippen molar-refractivity contribution < 1.29 is 0 Å². The first-order valence-electron chi connectivity index (χ1n) is 5.83. The molecular weight excluding hydrogens is 192 g/mol. The fraction of sp³-hybridized carbons (Fsp3) is 1.00. The van der Waals surface area contributed by atoms with Gasteiger partial charge in [0, 0.05) is 24.9 Å². The summed E-state index contributed by atoms with van der Waals surface area (Å²) in [6, 6.07) is 0.454. The molecule has 1 saturated heterocycles. The molecule has 0 aliphatic carbocycles. The van der Waals surface area contributed by atoms with E-state index in [0.29, 0.717) is 6.04 Å². The molecule has 2 unspecified atom stereocenters. The molecule has 1 fully saturated rings. The molecular formula is C11H24N2S. The molecule has 1 heterocycles. The number of hydrogen-bond acceptors (Lipinski definition) is 3. The number of rotatable bonds is 5. The Kier molecular flexibility index (Phi) is 5.90. The number of likely N-dealkylation sites (tertiary alicyclic amines) is 1. The van der Waals surface area contributed by atoms with Gasteiger partial charge in [0.05, 0.1) is 0 Å². The first-order valence-corrected chi connectivity index (χ1v) is 6.99. The van der Waals surface area contributed by atoms with Gasteiger partial charge in [0.25, 0.3) is 0 Å². The summed E-state index contributed by atoms with van der Waals surface area (Å²) in [5.74, 6) is 3.25. The van der Waals surface area contributed by atoms with Crippen LogP contribution in [0.15, 0.2) is 0 Å². The molecule has 0 aromatic heterocycles. The zero-order valence-corrected chi connectivity index (χ0v) is 10.4. The van der Waals surface area contributed by atoms with Crippen molar-refractivity contribution in [2.45, 2.75) is 32.7 Å². The maximum absolute atomic E-state index is 6.07. The molecule has 14 heavy (non-hydrogen) atoms. The highest BCUT2D eigenvalue weighted by Gasteiger charge is 2.24. The van der Waals surface area contributed by atoms with E-state index in [1.165, 1.54) is 44.0 Å². The summed E-state index contributed by atoms with van der Waals surface area (Å²) in [5.41, 5.74) is 6.07. The third-order valence-electron chi connectivity index (χ3n) is 3.16. The van der Waals surface area contributed by atoms with Crippen LogP contribution in [0.2, 0.25) is 0 Å². The van der Waals surface area contributed by atoms with Gasteiger partial charge in [0.2, 0.25) is 0 Å². The quantitative estimate of drug-likeness (QED) is 0.711. The molecule has 2 atom stereocenters. The number of piperidine rings is 1. The predicted molar refractivity (Wildman–Crippen MR) is 65.8 cm³/mol. The third kappa shape index (κ3) is 3.79. The summed E-state index contributed by atoms with van der Waals surface area (Å²) in [5, 5.41) is 0. The average Bonchev–Trinajstić information content (AvgIpc) is 2.21. The van der Waals surface area contributed by atoms with Crippen molar-refractivity contribution in [3.05, 3.63) is 0 Å². The van der Waals surface area contributed by atoms with Gasteiger partial charge in [-0.3, -0.25) is 0 Å². The van der Waals surface area contributed by atoms with Crippen molar-refractivity contribution in [2.75, 3.05) is 31.1 Å². The monoisotopic (exact) mass is 216 g/mol. The van der Waals surface area contributed by atoms with E-state index in [4.69, 9.17) is 5.73 Å².